The van der Waals surface area contributed by atoms with Gasteiger partial charge in [0, 0.05) is 13.1 Å². The number of hydrogen-bond donors (Lipinski definition) is 1. The Morgan fingerprint density at radius 2 is 1.60 bits per heavy atom. The molecule has 3 aromatic rings. The lowest BCUT2D eigenvalue weighted by Gasteiger charge is -2.27. The minimum absolute atomic E-state index is 0.0336. The molecule has 5 nitrogen and oxygen atoms in total. The van der Waals surface area contributed by atoms with Crippen molar-refractivity contribution in [3.05, 3.63) is 72.3 Å². The first-order valence-corrected chi connectivity index (χ1v) is 10.5. The predicted octanol–water partition coefficient (Wildman–Crippen LogP) is 4.87. The minimum atomic E-state index is -0.704. The maximum atomic E-state index is 12.9. The first kappa shape index (κ1) is 20.0. The Bertz CT molecular complexity index is 1060. The third-order valence-electron chi connectivity index (χ3n) is 5.46. The van der Waals surface area contributed by atoms with Crippen molar-refractivity contribution in [2.75, 3.05) is 18.4 Å². The normalized spacial score (nSPS) is 14.9. The fraction of sp³-hybridized carbons (Fsp3) is 0.280. The maximum absolute atomic E-state index is 12.9. The fourth-order valence-corrected chi connectivity index (χ4v) is 3.78. The summed E-state index contributed by atoms with van der Waals surface area (Å²) in [5.74, 6) is 0.310. The Morgan fingerprint density at radius 3 is 2.40 bits per heavy atom. The fourth-order valence-electron chi connectivity index (χ4n) is 3.78. The Labute approximate surface area is 176 Å². The van der Waals surface area contributed by atoms with E-state index in [1.165, 1.54) is 0 Å². The van der Waals surface area contributed by atoms with E-state index in [1.807, 2.05) is 59.5 Å². The van der Waals surface area contributed by atoms with Gasteiger partial charge in [0.25, 0.3) is 11.8 Å². The van der Waals surface area contributed by atoms with Crippen LogP contribution in [0.3, 0.4) is 0 Å². The van der Waals surface area contributed by atoms with Crippen molar-refractivity contribution in [2.24, 2.45) is 0 Å². The number of likely N-dealkylation sites (tertiary alicyclic amines) is 1. The van der Waals surface area contributed by atoms with Gasteiger partial charge in [-0.15, -0.1) is 0 Å². The molecule has 0 aromatic heterocycles. The number of hydrogen-bond acceptors (Lipinski definition) is 3. The molecule has 154 valence electrons. The van der Waals surface area contributed by atoms with Crippen molar-refractivity contribution < 1.29 is 14.3 Å². The van der Waals surface area contributed by atoms with E-state index in [-0.39, 0.29) is 11.8 Å². The molecule has 3 aromatic carbocycles. The second-order valence-electron chi connectivity index (χ2n) is 7.66. The molecule has 1 heterocycles. The van der Waals surface area contributed by atoms with Gasteiger partial charge < -0.3 is 15.0 Å². The van der Waals surface area contributed by atoms with Crippen molar-refractivity contribution >= 4 is 28.3 Å². The number of anilines is 1. The highest BCUT2D eigenvalue weighted by molar-refractivity contribution is 6.04. The van der Waals surface area contributed by atoms with Crippen LogP contribution in [0.4, 0.5) is 5.69 Å². The number of benzene rings is 3. The molecule has 0 aliphatic carbocycles. The van der Waals surface area contributed by atoms with E-state index in [0.717, 1.165) is 43.1 Å². The molecule has 0 bridgehead atoms. The zero-order valence-corrected chi connectivity index (χ0v) is 17.1. The summed E-state index contributed by atoms with van der Waals surface area (Å²) < 4.78 is 5.87. The van der Waals surface area contributed by atoms with Crippen molar-refractivity contribution in [1.29, 1.82) is 0 Å². The highest BCUT2D eigenvalue weighted by Crippen LogP contribution is 2.23. The highest BCUT2D eigenvalue weighted by atomic mass is 16.5. The standard InChI is InChI=1S/C25H26N2O3/c1-18(30-21-14-13-19-9-3-4-10-20(19)17-21)24(28)26-23-12-6-5-11-22(23)25(29)27-15-7-2-8-16-27/h3-6,9-14,17-18H,2,7-8,15-16H2,1H3,(H,26,28). The highest BCUT2D eigenvalue weighted by Gasteiger charge is 2.23. The van der Waals surface area contributed by atoms with Crippen LogP contribution >= 0.6 is 0 Å². The number of ether oxygens (including phenoxy) is 1. The van der Waals surface area contributed by atoms with Crippen LogP contribution in [-0.2, 0) is 4.79 Å². The molecule has 0 saturated carbocycles. The summed E-state index contributed by atoms with van der Waals surface area (Å²) in [5.41, 5.74) is 1.04. The Hall–Kier alpha value is -3.34. The van der Waals surface area contributed by atoms with Crippen molar-refractivity contribution in [3.63, 3.8) is 0 Å². The van der Waals surface area contributed by atoms with Crippen LogP contribution < -0.4 is 10.1 Å². The Morgan fingerprint density at radius 1 is 0.900 bits per heavy atom. The average molecular weight is 402 g/mol. The van der Waals surface area contributed by atoms with Crippen LogP contribution in [0.2, 0.25) is 0 Å². The molecule has 1 atom stereocenters. The lowest BCUT2D eigenvalue weighted by atomic mass is 10.1. The lowest BCUT2D eigenvalue weighted by Crippen LogP contribution is -2.36. The summed E-state index contributed by atoms with van der Waals surface area (Å²) in [4.78, 5) is 27.6. The quantitative estimate of drug-likeness (QED) is 0.662. The van der Waals surface area contributed by atoms with Crippen molar-refractivity contribution in [3.8, 4) is 5.75 Å². The molecule has 30 heavy (non-hydrogen) atoms. The molecule has 1 unspecified atom stereocenters. The van der Waals surface area contributed by atoms with Gasteiger partial charge in [0.15, 0.2) is 6.10 Å². The number of carbonyl (C=O) groups excluding carboxylic acids is 2. The van der Waals surface area contributed by atoms with Gasteiger partial charge in [-0.05, 0) is 61.2 Å². The van der Waals surface area contributed by atoms with Crippen LogP contribution in [-0.4, -0.2) is 35.9 Å². The molecule has 1 aliphatic rings. The number of fused-ring (bicyclic) bond motifs is 1. The van der Waals surface area contributed by atoms with E-state index in [1.54, 1.807) is 19.1 Å². The largest absolute Gasteiger partial charge is 0.481 e. The molecular weight excluding hydrogens is 376 g/mol. The summed E-state index contributed by atoms with van der Waals surface area (Å²) in [6, 6.07) is 20.9. The molecule has 1 aliphatic heterocycles. The van der Waals surface area contributed by atoms with Crippen LogP contribution in [0, 0.1) is 0 Å². The SMILES string of the molecule is CC(Oc1ccc2ccccc2c1)C(=O)Nc1ccccc1C(=O)N1CCCCC1. The van der Waals surface area contributed by atoms with E-state index in [9.17, 15) is 9.59 Å². The van der Waals surface area contributed by atoms with Gasteiger partial charge in [-0.25, -0.2) is 0 Å². The third-order valence-corrected chi connectivity index (χ3v) is 5.46. The number of rotatable bonds is 5. The molecule has 0 spiro atoms. The Balaban J connectivity index is 1.45. The number of para-hydroxylation sites is 1. The summed E-state index contributed by atoms with van der Waals surface area (Å²) in [7, 11) is 0. The van der Waals surface area contributed by atoms with Gasteiger partial charge in [0.05, 0.1) is 11.3 Å². The summed E-state index contributed by atoms with van der Waals surface area (Å²) in [5, 5.41) is 5.05. The van der Waals surface area contributed by atoms with Crippen molar-refractivity contribution in [1.82, 2.24) is 4.90 Å². The first-order chi connectivity index (χ1) is 14.6. The smallest absolute Gasteiger partial charge is 0.265 e. The van der Waals surface area contributed by atoms with E-state index < -0.39 is 6.10 Å². The molecule has 1 N–H and O–H groups in total. The van der Waals surface area contributed by atoms with Crippen molar-refractivity contribution in [2.45, 2.75) is 32.3 Å². The van der Waals surface area contributed by atoms with Gasteiger partial charge in [-0.1, -0.05) is 42.5 Å². The monoisotopic (exact) mass is 402 g/mol. The number of piperidine rings is 1. The summed E-state index contributed by atoms with van der Waals surface area (Å²) in [6.45, 7) is 3.24. The van der Waals surface area contributed by atoms with E-state index in [4.69, 9.17) is 4.74 Å². The molecule has 1 fully saturated rings. The number of amides is 2. The summed E-state index contributed by atoms with van der Waals surface area (Å²) >= 11 is 0. The molecule has 5 heteroatoms. The lowest BCUT2D eigenvalue weighted by molar-refractivity contribution is -0.122. The minimum Gasteiger partial charge on any atom is -0.481 e. The number of nitrogens with one attached hydrogen (secondary N) is 1. The van der Waals surface area contributed by atoms with E-state index in [0.29, 0.717) is 17.0 Å². The van der Waals surface area contributed by atoms with Crippen LogP contribution in [0.5, 0.6) is 5.75 Å². The molecule has 4 rings (SSSR count). The zero-order valence-electron chi connectivity index (χ0n) is 17.1. The second-order valence-corrected chi connectivity index (χ2v) is 7.66. The molecule has 0 radical (unpaired) electrons. The van der Waals surface area contributed by atoms with Gasteiger partial charge in [0.2, 0.25) is 0 Å². The van der Waals surface area contributed by atoms with E-state index >= 15 is 0 Å². The second kappa shape index (κ2) is 8.99. The van der Waals surface area contributed by atoms with Gasteiger partial charge >= 0.3 is 0 Å². The zero-order chi connectivity index (χ0) is 20.9. The molecular formula is C25H26N2O3. The number of carbonyl (C=O) groups is 2. The topological polar surface area (TPSA) is 58.6 Å². The van der Waals surface area contributed by atoms with Crippen LogP contribution in [0.25, 0.3) is 10.8 Å². The van der Waals surface area contributed by atoms with Crippen LogP contribution in [0.15, 0.2) is 66.7 Å². The molecule has 2 amide bonds. The average Bonchev–Trinajstić information content (AvgIpc) is 2.79. The van der Waals surface area contributed by atoms with Gasteiger partial charge in [-0.2, -0.15) is 0 Å². The van der Waals surface area contributed by atoms with Gasteiger partial charge in [0.1, 0.15) is 5.75 Å². The van der Waals surface area contributed by atoms with Gasteiger partial charge in [-0.3, -0.25) is 9.59 Å². The first-order valence-electron chi connectivity index (χ1n) is 10.5. The maximum Gasteiger partial charge on any atom is 0.265 e. The Kier molecular flexibility index (Phi) is 5.98. The summed E-state index contributed by atoms with van der Waals surface area (Å²) in [6.07, 6.45) is 2.50. The van der Waals surface area contributed by atoms with E-state index in [2.05, 4.69) is 5.32 Å². The third kappa shape index (κ3) is 4.46. The number of nitrogens with zero attached hydrogens (tertiary/aromatic N) is 1. The molecule has 1 saturated heterocycles. The van der Waals surface area contributed by atoms with Crippen LogP contribution in [0.1, 0.15) is 36.5 Å². The predicted molar refractivity (Wildman–Crippen MR) is 119 cm³/mol.